The average Bonchev–Trinajstić information content (AvgIpc) is 3.12. The Labute approximate surface area is 131 Å². The van der Waals surface area contributed by atoms with Gasteiger partial charge in [0.15, 0.2) is 0 Å². The van der Waals surface area contributed by atoms with Gasteiger partial charge in [-0.1, -0.05) is 0 Å². The second-order valence-electron chi connectivity index (χ2n) is 6.41. The van der Waals surface area contributed by atoms with Crippen molar-refractivity contribution in [2.24, 2.45) is 11.8 Å². The molecule has 0 bridgehead atoms. The third kappa shape index (κ3) is 3.08. The molecule has 2 atom stereocenters. The van der Waals surface area contributed by atoms with Crippen molar-refractivity contribution in [1.82, 2.24) is 4.90 Å². The van der Waals surface area contributed by atoms with Gasteiger partial charge in [0.25, 0.3) is 0 Å². The van der Waals surface area contributed by atoms with Gasteiger partial charge in [0, 0.05) is 38.6 Å². The summed E-state index contributed by atoms with van der Waals surface area (Å²) >= 11 is 0. The first-order chi connectivity index (χ1) is 10.6. The Morgan fingerprint density at radius 2 is 1.73 bits per heavy atom. The number of hydrogen-bond donors (Lipinski definition) is 1. The molecule has 1 saturated heterocycles. The molecule has 2 aliphatic rings. The van der Waals surface area contributed by atoms with Gasteiger partial charge in [-0.05, 0) is 43.5 Å². The summed E-state index contributed by atoms with van der Waals surface area (Å²) in [6, 6.07) is 7.73. The molecule has 5 heteroatoms. The van der Waals surface area contributed by atoms with E-state index in [1.165, 1.54) is 0 Å². The highest BCUT2D eigenvalue weighted by molar-refractivity contribution is 5.99. The molecule has 0 aromatic heterocycles. The maximum Gasteiger partial charge on any atom is 0.228 e. The van der Waals surface area contributed by atoms with Crippen LogP contribution in [-0.2, 0) is 9.59 Å². The van der Waals surface area contributed by atoms with Crippen molar-refractivity contribution in [1.29, 1.82) is 0 Å². The molecule has 1 heterocycles. The molecule has 1 aromatic rings. The monoisotopic (exact) mass is 301 g/mol. The van der Waals surface area contributed by atoms with Crippen LogP contribution in [-0.4, -0.2) is 43.9 Å². The van der Waals surface area contributed by atoms with E-state index in [0.29, 0.717) is 6.42 Å². The van der Waals surface area contributed by atoms with E-state index in [2.05, 4.69) is 5.32 Å². The van der Waals surface area contributed by atoms with Crippen LogP contribution in [0.2, 0.25) is 0 Å². The number of carbonyl (C=O) groups excluding carboxylic acids is 2. The molecule has 1 aliphatic carbocycles. The van der Waals surface area contributed by atoms with Gasteiger partial charge in [-0.25, -0.2) is 0 Å². The number of rotatable bonds is 4. The van der Waals surface area contributed by atoms with Gasteiger partial charge in [-0.2, -0.15) is 0 Å². The van der Waals surface area contributed by atoms with Crippen LogP contribution >= 0.6 is 0 Å². The quantitative estimate of drug-likeness (QED) is 0.925. The SMILES string of the molecule is CN(C)c1ccc(NC(=O)C2CC2C(=O)N2CCCC2)cc1. The molecule has 1 saturated carbocycles. The first kappa shape index (κ1) is 14.9. The summed E-state index contributed by atoms with van der Waals surface area (Å²) in [6.07, 6.45) is 2.87. The van der Waals surface area contributed by atoms with Crippen molar-refractivity contribution < 1.29 is 9.59 Å². The predicted octanol–water partition coefficient (Wildman–Crippen LogP) is 1.95. The summed E-state index contributed by atoms with van der Waals surface area (Å²) in [7, 11) is 3.96. The highest BCUT2D eigenvalue weighted by Crippen LogP contribution is 2.41. The first-order valence-electron chi connectivity index (χ1n) is 7.93. The minimum Gasteiger partial charge on any atom is -0.378 e. The summed E-state index contributed by atoms with van der Waals surface area (Å²) in [5.74, 6) is -0.114. The van der Waals surface area contributed by atoms with Gasteiger partial charge in [-0.15, -0.1) is 0 Å². The van der Waals surface area contributed by atoms with Crippen LogP contribution in [0.25, 0.3) is 0 Å². The third-order valence-corrected chi connectivity index (χ3v) is 4.51. The molecule has 2 fully saturated rings. The predicted molar refractivity (Wildman–Crippen MR) is 86.8 cm³/mol. The summed E-state index contributed by atoms with van der Waals surface area (Å²) in [6.45, 7) is 1.71. The van der Waals surface area contributed by atoms with E-state index in [1.54, 1.807) is 0 Å². The molecule has 118 valence electrons. The Hall–Kier alpha value is -2.04. The van der Waals surface area contributed by atoms with E-state index in [1.807, 2.05) is 48.2 Å². The molecule has 2 unspecified atom stereocenters. The van der Waals surface area contributed by atoms with E-state index in [0.717, 1.165) is 37.3 Å². The Balaban J connectivity index is 1.53. The van der Waals surface area contributed by atoms with Crippen LogP contribution in [0.5, 0.6) is 0 Å². The normalized spacial score (nSPS) is 23.3. The van der Waals surface area contributed by atoms with Gasteiger partial charge in [0.1, 0.15) is 0 Å². The highest BCUT2D eigenvalue weighted by Gasteiger charge is 2.49. The van der Waals surface area contributed by atoms with Crippen molar-refractivity contribution in [3.05, 3.63) is 24.3 Å². The van der Waals surface area contributed by atoms with E-state index in [-0.39, 0.29) is 23.7 Å². The van der Waals surface area contributed by atoms with E-state index < -0.39 is 0 Å². The molecule has 0 spiro atoms. The summed E-state index contributed by atoms with van der Waals surface area (Å²) < 4.78 is 0. The van der Waals surface area contributed by atoms with Crippen LogP contribution in [0.3, 0.4) is 0 Å². The summed E-state index contributed by atoms with van der Waals surface area (Å²) in [5, 5.41) is 2.92. The van der Waals surface area contributed by atoms with Crippen molar-refractivity contribution in [2.45, 2.75) is 19.3 Å². The Kier molecular flexibility index (Phi) is 4.05. The topological polar surface area (TPSA) is 52.7 Å². The minimum atomic E-state index is -0.151. The number of nitrogens with zero attached hydrogens (tertiary/aromatic N) is 2. The second-order valence-corrected chi connectivity index (χ2v) is 6.41. The average molecular weight is 301 g/mol. The van der Waals surface area contributed by atoms with Gasteiger partial charge in [0.2, 0.25) is 11.8 Å². The third-order valence-electron chi connectivity index (χ3n) is 4.51. The van der Waals surface area contributed by atoms with Crippen LogP contribution in [0.4, 0.5) is 11.4 Å². The Morgan fingerprint density at radius 1 is 1.09 bits per heavy atom. The van der Waals surface area contributed by atoms with Crippen molar-refractivity contribution in [2.75, 3.05) is 37.4 Å². The first-order valence-corrected chi connectivity index (χ1v) is 7.93. The van der Waals surface area contributed by atoms with Crippen molar-refractivity contribution in [3.8, 4) is 0 Å². The molecule has 1 aromatic carbocycles. The van der Waals surface area contributed by atoms with E-state index in [4.69, 9.17) is 0 Å². The van der Waals surface area contributed by atoms with Crippen LogP contribution < -0.4 is 10.2 Å². The lowest BCUT2D eigenvalue weighted by molar-refractivity contribution is -0.133. The molecule has 5 nitrogen and oxygen atoms in total. The zero-order valence-electron chi connectivity index (χ0n) is 13.2. The Bertz CT molecular complexity index is 562. The summed E-state index contributed by atoms with van der Waals surface area (Å²) in [4.78, 5) is 28.4. The number of benzene rings is 1. The zero-order chi connectivity index (χ0) is 15.7. The van der Waals surface area contributed by atoms with Gasteiger partial charge < -0.3 is 15.1 Å². The van der Waals surface area contributed by atoms with Gasteiger partial charge >= 0.3 is 0 Å². The number of anilines is 2. The fraction of sp³-hybridized carbons (Fsp3) is 0.529. The number of hydrogen-bond acceptors (Lipinski definition) is 3. The van der Waals surface area contributed by atoms with Crippen LogP contribution in [0.1, 0.15) is 19.3 Å². The van der Waals surface area contributed by atoms with Crippen LogP contribution in [0.15, 0.2) is 24.3 Å². The molecular formula is C17H23N3O2. The maximum absolute atomic E-state index is 12.2. The second kappa shape index (κ2) is 5.99. The van der Waals surface area contributed by atoms with Crippen LogP contribution in [0, 0.1) is 11.8 Å². The van der Waals surface area contributed by atoms with Gasteiger partial charge in [0.05, 0.1) is 11.8 Å². The standard InChI is InChI=1S/C17H23N3O2/c1-19(2)13-7-5-12(6-8-13)18-16(21)14-11-15(14)17(22)20-9-3-4-10-20/h5-8,14-15H,3-4,9-11H2,1-2H3,(H,18,21). The van der Waals surface area contributed by atoms with E-state index >= 15 is 0 Å². The van der Waals surface area contributed by atoms with Crippen molar-refractivity contribution in [3.63, 3.8) is 0 Å². The van der Waals surface area contributed by atoms with Gasteiger partial charge in [-0.3, -0.25) is 9.59 Å². The highest BCUT2D eigenvalue weighted by atomic mass is 16.2. The number of carbonyl (C=O) groups is 2. The molecule has 0 radical (unpaired) electrons. The smallest absolute Gasteiger partial charge is 0.228 e. The summed E-state index contributed by atoms with van der Waals surface area (Å²) in [5.41, 5.74) is 1.88. The number of nitrogens with one attached hydrogen (secondary N) is 1. The molecule has 22 heavy (non-hydrogen) atoms. The lowest BCUT2D eigenvalue weighted by atomic mass is 10.2. The molecule has 2 amide bonds. The Morgan fingerprint density at radius 3 is 2.32 bits per heavy atom. The van der Waals surface area contributed by atoms with Crippen molar-refractivity contribution >= 4 is 23.2 Å². The molecule has 3 rings (SSSR count). The molecular weight excluding hydrogens is 278 g/mol. The molecule has 1 aliphatic heterocycles. The lowest BCUT2D eigenvalue weighted by Gasteiger charge is -2.15. The van der Waals surface area contributed by atoms with E-state index in [9.17, 15) is 9.59 Å². The molecule has 1 N–H and O–H groups in total. The number of likely N-dealkylation sites (tertiary alicyclic amines) is 1. The zero-order valence-corrected chi connectivity index (χ0v) is 13.2. The minimum absolute atomic E-state index is 0.0323. The lowest BCUT2D eigenvalue weighted by Crippen LogP contribution is -2.30. The fourth-order valence-corrected chi connectivity index (χ4v) is 3.01. The maximum atomic E-state index is 12.2. The fourth-order valence-electron chi connectivity index (χ4n) is 3.01. The number of amides is 2. The largest absolute Gasteiger partial charge is 0.378 e.